The number of carbonyl (C=O) groups is 1. The van der Waals surface area contributed by atoms with Crippen molar-refractivity contribution in [2.45, 2.75) is 11.2 Å². The molecule has 0 aliphatic carbocycles. The van der Waals surface area contributed by atoms with Crippen LogP contribution >= 0.6 is 15.9 Å². The topological polar surface area (TPSA) is 66.8 Å². The van der Waals surface area contributed by atoms with Gasteiger partial charge in [-0.15, -0.1) is 0 Å². The van der Waals surface area contributed by atoms with Crippen LogP contribution in [0.5, 0.6) is 17.2 Å². The fourth-order valence-electron chi connectivity index (χ4n) is 1.64. The van der Waals surface area contributed by atoms with Crippen molar-refractivity contribution >= 4 is 21.9 Å². The molecule has 2 rings (SSSR count). The van der Waals surface area contributed by atoms with Gasteiger partial charge in [-0.05, 0) is 48.4 Å². The van der Waals surface area contributed by atoms with Gasteiger partial charge in [-0.2, -0.15) is 0 Å². The van der Waals surface area contributed by atoms with Crippen LogP contribution < -0.4 is 4.74 Å². The van der Waals surface area contributed by atoms with Crippen LogP contribution in [0.3, 0.4) is 0 Å². The largest absolute Gasteiger partial charge is 0.508 e. The molecule has 4 nitrogen and oxygen atoms in total. The Kier molecular flexibility index (Phi) is 4.63. The first-order valence-electron chi connectivity index (χ1n) is 5.97. The van der Waals surface area contributed by atoms with E-state index in [0.29, 0.717) is 17.9 Å². The Bertz CT molecular complexity index is 578. The predicted octanol–water partition coefficient (Wildman–Crippen LogP) is 3.58. The van der Waals surface area contributed by atoms with E-state index in [1.165, 1.54) is 0 Å². The molecule has 0 amide bonds. The number of phenolic OH excluding ortho intramolecular Hbond substituents is 1. The summed E-state index contributed by atoms with van der Waals surface area (Å²) in [5.41, 5.74) is 0.910. The van der Waals surface area contributed by atoms with E-state index in [4.69, 9.17) is 9.84 Å². The number of aliphatic carboxylic acids is 1. The Labute approximate surface area is 124 Å². The average Bonchev–Trinajstić information content (AvgIpc) is 2.43. The molecule has 0 aliphatic heterocycles. The van der Waals surface area contributed by atoms with Gasteiger partial charge in [0.15, 0.2) is 0 Å². The number of aromatic hydroxyl groups is 1. The van der Waals surface area contributed by atoms with Crippen LogP contribution in [0.15, 0.2) is 48.5 Å². The summed E-state index contributed by atoms with van der Waals surface area (Å²) in [4.78, 5) is 10.2. The van der Waals surface area contributed by atoms with Crippen LogP contribution in [0, 0.1) is 0 Å². The molecule has 0 bridgehead atoms. The molecule has 0 heterocycles. The molecule has 2 aromatic rings. The van der Waals surface area contributed by atoms with Gasteiger partial charge in [0.05, 0.1) is 0 Å². The lowest BCUT2D eigenvalue weighted by Gasteiger charge is -2.08. The number of alkyl halides is 1. The van der Waals surface area contributed by atoms with Crippen molar-refractivity contribution in [3.63, 3.8) is 0 Å². The van der Waals surface area contributed by atoms with Crippen molar-refractivity contribution in [1.29, 1.82) is 0 Å². The van der Waals surface area contributed by atoms with Crippen molar-refractivity contribution in [2.24, 2.45) is 0 Å². The van der Waals surface area contributed by atoms with Gasteiger partial charge in [-0.25, -0.2) is 0 Å². The third kappa shape index (κ3) is 3.99. The van der Waals surface area contributed by atoms with Gasteiger partial charge in [-0.3, -0.25) is 4.79 Å². The Morgan fingerprint density at radius 2 is 1.55 bits per heavy atom. The Morgan fingerprint density at radius 1 is 1.05 bits per heavy atom. The molecule has 0 aliphatic rings. The zero-order valence-electron chi connectivity index (χ0n) is 10.5. The van der Waals surface area contributed by atoms with E-state index in [0.717, 1.165) is 5.56 Å². The molecule has 1 unspecified atom stereocenters. The number of carboxylic acids is 1. The quantitative estimate of drug-likeness (QED) is 0.819. The normalized spacial score (nSPS) is 11.8. The summed E-state index contributed by atoms with van der Waals surface area (Å²) in [6.07, 6.45) is 0.412. The first kappa shape index (κ1) is 14.4. The summed E-state index contributed by atoms with van der Waals surface area (Å²) < 4.78 is 5.60. The summed E-state index contributed by atoms with van der Waals surface area (Å²) in [5, 5.41) is 18.0. The minimum Gasteiger partial charge on any atom is -0.508 e. The lowest BCUT2D eigenvalue weighted by molar-refractivity contribution is -0.136. The van der Waals surface area contributed by atoms with Crippen molar-refractivity contribution in [2.75, 3.05) is 0 Å². The maximum absolute atomic E-state index is 10.7. The molecular formula is C15H13BrO4. The van der Waals surface area contributed by atoms with Gasteiger partial charge in [0.2, 0.25) is 0 Å². The van der Waals surface area contributed by atoms with E-state index in [2.05, 4.69) is 15.9 Å². The second-order valence-electron chi connectivity index (χ2n) is 4.25. The molecular weight excluding hydrogens is 324 g/mol. The molecule has 0 saturated heterocycles. The van der Waals surface area contributed by atoms with Crippen LogP contribution in [0.4, 0.5) is 0 Å². The van der Waals surface area contributed by atoms with E-state index in [1.807, 2.05) is 12.1 Å². The Hall–Kier alpha value is -2.01. The van der Waals surface area contributed by atoms with Gasteiger partial charge in [0.1, 0.15) is 22.1 Å². The maximum Gasteiger partial charge on any atom is 0.317 e. The van der Waals surface area contributed by atoms with Gasteiger partial charge in [-0.1, -0.05) is 28.1 Å². The molecule has 0 fully saturated rings. The summed E-state index contributed by atoms with van der Waals surface area (Å²) in [5.74, 6) is 0.583. The van der Waals surface area contributed by atoms with E-state index in [1.54, 1.807) is 36.4 Å². The fraction of sp³-hybridized carbons (Fsp3) is 0.133. The molecule has 0 spiro atoms. The highest BCUT2D eigenvalue weighted by Crippen LogP contribution is 2.24. The third-order valence-electron chi connectivity index (χ3n) is 2.68. The molecule has 5 heteroatoms. The third-order valence-corrected chi connectivity index (χ3v) is 3.39. The number of phenols is 1. The lowest BCUT2D eigenvalue weighted by Crippen LogP contribution is -2.15. The number of benzene rings is 2. The van der Waals surface area contributed by atoms with Crippen LogP contribution in [-0.2, 0) is 11.2 Å². The molecule has 0 saturated carbocycles. The van der Waals surface area contributed by atoms with E-state index in [-0.39, 0.29) is 5.75 Å². The summed E-state index contributed by atoms with van der Waals surface area (Å²) in [7, 11) is 0. The molecule has 0 radical (unpaired) electrons. The number of halogens is 1. The zero-order chi connectivity index (χ0) is 14.5. The van der Waals surface area contributed by atoms with E-state index in [9.17, 15) is 9.90 Å². The molecule has 20 heavy (non-hydrogen) atoms. The summed E-state index contributed by atoms with van der Waals surface area (Å²) >= 11 is 3.10. The van der Waals surface area contributed by atoms with E-state index >= 15 is 0 Å². The number of carboxylic acid groups (broad SMARTS) is 1. The molecule has 2 N–H and O–H groups in total. The second-order valence-corrected chi connectivity index (χ2v) is 5.36. The molecule has 104 valence electrons. The van der Waals surface area contributed by atoms with Crippen LogP contribution in [0.1, 0.15) is 5.56 Å². The van der Waals surface area contributed by atoms with Crippen LogP contribution in [0.2, 0.25) is 0 Å². The second kappa shape index (κ2) is 6.43. The SMILES string of the molecule is O=C(O)C(Br)Cc1ccc(Oc2ccc(O)cc2)cc1. The van der Waals surface area contributed by atoms with E-state index < -0.39 is 10.8 Å². The summed E-state index contributed by atoms with van der Waals surface area (Å²) in [6, 6.07) is 13.6. The van der Waals surface area contributed by atoms with Gasteiger partial charge >= 0.3 is 5.97 Å². The average molecular weight is 337 g/mol. The number of hydrogen-bond donors (Lipinski definition) is 2. The highest BCUT2D eigenvalue weighted by atomic mass is 79.9. The number of rotatable bonds is 5. The van der Waals surface area contributed by atoms with Crippen molar-refractivity contribution in [1.82, 2.24) is 0 Å². The van der Waals surface area contributed by atoms with Gasteiger partial charge in [0, 0.05) is 0 Å². The van der Waals surface area contributed by atoms with Gasteiger partial charge < -0.3 is 14.9 Å². The smallest absolute Gasteiger partial charge is 0.317 e. The van der Waals surface area contributed by atoms with Crippen molar-refractivity contribution < 1.29 is 19.7 Å². The molecule has 0 aromatic heterocycles. The molecule has 1 atom stereocenters. The minimum atomic E-state index is -0.880. The summed E-state index contributed by atoms with van der Waals surface area (Å²) in [6.45, 7) is 0. The van der Waals surface area contributed by atoms with Crippen LogP contribution in [0.25, 0.3) is 0 Å². The van der Waals surface area contributed by atoms with Crippen LogP contribution in [-0.4, -0.2) is 21.0 Å². The zero-order valence-corrected chi connectivity index (χ0v) is 12.1. The Balaban J connectivity index is 2.01. The minimum absolute atomic E-state index is 0.185. The number of ether oxygens (including phenoxy) is 1. The Morgan fingerprint density at radius 3 is 2.05 bits per heavy atom. The fourth-order valence-corrected chi connectivity index (χ4v) is 2.01. The monoisotopic (exact) mass is 336 g/mol. The first-order chi connectivity index (χ1) is 9.54. The predicted molar refractivity (Wildman–Crippen MR) is 78.7 cm³/mol. The first-order valence-corrected chi connectivity index (χ1v) is 6.89. The highest BCUT2D eigenvalue weighted by molar-refractivity contribution is 9.10. The molecule has 2 aromatic carbocycles. The highest BCUT2D eigenvalue weighted by Gasteiger charge is 2.13. The number of hydrogen-bond acceptors (Lipinski definition) is 3. The standard InChI is InChI=1S/C15H13BrO4/c16-14(15(18)19)9-10-1-5-12(6-2-10)20-13-7-3-11(17)4-8-13/h1-8,14,17H,9H2,(H,18,19). The van der Waals surface area contributed by atoms with Crippen molar-refractivity contribution in [3.05, 3.63) is 54.1 Å². The maximum atomic E-state index is 10.7. The van der Waals surface area contributed by atoms with Gasteiger partial charge in [0.25, 0.3) is 0 Å². The van der Waals surface area contributed by atoms with Crippen molar-refractivity contribution in [3.8, 4) is 17.2 Å². The lowest BCUT2D eigenvalue weighted by atomic mass is 10.1.